The molecule has 100 valence electrons. The Hall–Kier alpha value is -1.03. The first-order valence-electron chi connectivity index (χ1n) is 5.91. The highest BCUT2D eigenvalue weighted by atomic mass is 79.9. The van der Waals surface area contributed by atoms with E-state index in [1.807, 2.05) is 24.3 Å². The van der Waals surface area contributed by atoms with E-state index >= 15 is 0 Å². The molecule has 0 aliphatic rings. The van der Waals surface area contributed by atoms with Gasteiger partial charge in [-0.3, -0.25) is 0 Å². The zero-order chi connectivity index (χ0) is 13.8. The Bertz CT molecular complexity index is 553. The molecule has 0 radical (unpaired) electrons. The summed E-state index contributed by atoms with van der Waals surface area (Å²) in [5.74, 6) is 0.655. The van der Waals surface area contributed by atoms with Crippen molar-refractivity contribution in [1.29, 1.82) is 0 Å². The number of aliphatic hydroxyl groups is 1. The van der Waals surface area contributed by atoms with Crippen LogP contribution >= 0.6 is 27.5 Å². The lowest BCUT2D eigenvalue weighted by Gasteiger charge is -2.14. The van der Waals surface area contributed by atoms with Gasteiger partial charge in [-0.05, 0) is 42.8 Å². The van der Waals surface area contributed by atoms with Gasteiger partial charge >= 0.3 is 0 Å². The summed E-state index contributed by atoms with van der Waals surface area (Å²) in [5.41, 5.74) is 1.76. The molecule has 2 aromatic carbocycles. The quantitative estimate of drug-likeness (QED) is 0.870. The van der Waals surface area contributed by atoms with Gasteiger partial charge in [0.2, 0.25) is 0 Å². The number of benzene rings is 2. The van der Waals surface area contributed by atoms with Crippen molar-refractivity contribution in [1.82, 2.24) is 0 Å². The molecule has 1 N–H and O–H groups in total. The fourth-order valence-electron chi connectivity index (χ4n) is 1.72. The molecule has 0 aliphatic carbocycles. The molecule has 2 aromatic rings. The average Bonchev–Trinajstić information content (AvgIpc) is 2.39. The van der Waals surface area contributed by atoms with Crippen LogP contribution in [-0.4, -0.2) is 5.11 Å². The van der Waals surface area contributed by atoms with Crippen LogP contribution in [0.3, 0.4) is 0 Å². The molecular formula is C15H14BrClO2. The van der Waals surface area contributed by atoms with E-state index in [1.54, 1.807) is 25.1 Å². The van der Waals surface area contributed by atoms with E-state index in [-0.39, 0.29) is 0 Å². The van der Waals surface area contributed by atoms with Crippen LogP contribution < -0.4 is 4.74 Å². The van der Waals surface area contributed by atoms with Gasteiger partial charge in [-0.25, -0.2) is 0 Å². The Morgan fingerprint density at radius 3 is 2.53 bits per heavy atom. The summed E-state index contributed by atoms with van der Waals surface area (Å²) in [6.45, 7) is 2.15. The van der Waals surface area contributed by atoms with Crippen molar-refractivity contribution in [3.63, 3.8) is 0 Å². The van der Waals surface area contributed by atoms with E-state index in [4.69, 9.17) is 16.3 Å². The summed E-state index contributed by atoms with van der Waals surface area (Å²) < 4.78 is 6.78. The molecule has 2 rings (SSSR count). The highest BCUT2D eigenvalue weighted by molar-refractivity contribution is 9.10. The third kappa shape index (κ3) is 3.96. The fourth-order valence-corrected chi connectivity index (χ4v) is 2.16. The van der Waals surface area contributed by atoms with Crippen LogP contribution in [-0.2, 0) is 6.61 Å². The van der Waals surface area contributed by atoms with Crippen LogP contribution in [0.25, 0.3) is 0 Å². The lowest BCUT2D eigenvalue weighted by atomic mass is 10.1. The molecule has 0 fully saturated rings. The third-order valence-corrected chi connectivity index (χ3v) is 3.49. The topological polar surface area (TPSA) is 29.5 Å². The zero-order valence-electron chi connectivity index (χ0n) is 10.4. The number of rotatable bonds is 4. The van der Waals surface area contributed by atoms with Crippen molar-refractivity contribution < 1.29 is 9.84 Å². The zero-order valence-corrected chi connectivity index (χ0v) is 12.8. The van der Waals surface area contributed by atoms with Crippen LogP contribution in [0.4, 0.5) is 0 Å². The molecule has 1 unspecified atom stereocenters. The second-order valence-electron chi connectivity index (χ2n) is 4.27. The van der Waals surface area contributed by atoms with Gasteiger partial charge in [0.15, 0.2) is 0 Å². The van der Waals surface area contributed by atoms with E-state index in [9.17, 15) is 5.11 Å². The van der Waals surface area contributed by atoms with Gasteiger partial charge < -0.3 is 9.84 Å². The maximum atomic E-state index is 9.72. The summed E-state index contributed by atoms with van der Waals surface area (Å²) >= 11 is 9.32. The molecule has 1 atom stereocenters. The monoisotopic (exact) mass is 340 g/mol. The lowest BCUT2D eigenvalue weighted by Crippen LogP contribution is -2.01. The number of halogens is 2. The van der Waals surface area contributed by atoms with Gasteiger partial charge in [-0.2, -0.15) is 0 Å². The minimum absolute atomic E-state index is 0.453. The highest BCUT2D eigenvalue weighted by Gasteiger charge is 2.10. The first-order valence-corrected chi connectivity index (χ1v) is 7.08. The number of hydrogen-bond donors (Lipinski definition) is 1. The predicted octanol–water partition coefficient (Wildman–Crippen LogP) is 4.73. The molecule has 0 heterocycles. The highest BCUT2D eigenvalue weighted by Crippen LogP contribution is 2.29. The van der Waals surface area contributed by atoms with E-state index in [0.717, 1.165) is 10.0 Å². The van der Waals surface area contributed by atoms with Gasteiger partial charge in [-0.1, -0.05) is 39.7 Å². The van der Waals surface area contributed by atoms with Crippen molar-refractivity contribution in [2.45, 2.75) is 19.6 Å². The molecule has 0 spiro atoms. The van der Waals surface area contributed by atoms with Crippen molar-refractivity contribution in [3.8, 4) is 5.75 Å². The van der Waals surface area contributed by atoms with Crippen molar-refractivity contribution in [2.24, 2.45) is 0 Å². The average molecular weight is 342 g/mol. The Kier molecular flexibility index (Phi) is 4.86. The summed E-state index contributed by atoms with van der Waals surface area (Å²) in [4.78, 5) is 0. The molecule has 0 aromatic heterocycles. The molecule has 0 bridgehead atoms. The Morgan fingerprint density at radius 2 is 1.89 bits per heavy atom. The predicted molar refractivity (Wildman–Crippen MR) is 80.6 cm³/mol. The minimum Gasteiger partial charge on any atom is -0.489 e. The maximum absolute atomic E-state index is 9.72. The van der Waals surface area contributed by atoms with Gasteiger partial charge in [0.1, 0.15) is 12.4 Å². The third-order valence-electron chi connectivity index (χ3n) is 2.73. The first-order chi connectivity index (χ1) is 9.06. The molecule has 0 amide bonds. The van der Waals surface area contributed by atoms with E-state index in [2.05, 4.69) is 15.9 Å². The maximum Gasteiger partial charge on any atom is 0.125 e. The number of aliphatic hydroxyl groups excluding tert-OH is 1. The molecule has 19 heavy (non-hydrogen) atoms. The fraction of sp³-hybridized carbons (Fsp3) is 0.200. The van der Waals surface area contributed by atoms with Crippen LogP contribution in [0.2, 0.25) is 5.02 Å². The second-order valence-corrected chi connectivity index (χ2v) is 5.63. The Morgan fingerprint density at radius 1 is 1.21 bits per heavy atom. The Labute approximate surface area is 126 Å². The molecule has 4 heteroatoms. The normalized spacial score (nSPS) is 12.2. The largest absolute Gasteiger partial charge is 0.489 e. The van der Waals surface area contributed by atoms with Gasteiger partial charge in [-0.15, -0.1) is 0 Å². The molecule has 0 saturated carbocycles. The molecule has 0 saturated heterocycles. The summed E-state index contributed by atoms with van der Waals surface area (Å²) in [6.07, 6.45) is -0.612. The van der Waals surface area contributed by atoms with E-state index in [0.29, 0.717) is 22.9 Å². The van der Waals surface area contributed by atoms with Gasteiger partial charge in [0.25, 0.3) is 0 Å². The van der Waals surface area contributed by atoms with Crippen LogP contribution in [0, 0.1) is 0 Å². The number of hydrogen-bond acceptors (Lipinski definition) is 2. The van der Waals surface area contributed by atoms with Crippen molar-refractivity contribution in [3.05, 3.63) is 63.1 Å². The second kappa shape index (κ2) is 6.42. The molecule has 0 aliphatic heterocycles. The summed E-state index contributed by atoms with van der Waals surface area (Å²) in [6, 6.07) is 13.2. The standard InChI is InChI=1S/C15H14BrClO2/c1-10(18)14-8-13(17)6-7-15(14)19-9-11-2-4-12(16)5-3-11/h2-8,10,18H,9H2,1H3. The molecule has 2 nitrogen and oxygen atoms in total. The van der Waals surface area contributed by atoms with Crippen molar-refractivity contribution in [2.75, 3.05) is 0 Å². The summed E-state index contributed by atoms with van der Waals surface area (Å²) in [5, 5.41) is 10.3. The summed E-state index contributed by atoms with van der Waals surface area (Å²) in [7, 11) is 0. The Balaban J connectivity index is 2.13. The van der Waals surface area contributed by atoms with Crippen LogP contribution in [0.5, 0.6) is 5.75 Å². The van der Waals surface area contributed by atoms with E-state index in [1.165, 1.54) is 0 Å². The lowest BCUT2D eigenvalue weighted by molar-refractivity contribution is 0.190. The van der Waals surface area contributed by atoms with E-state index < -0.39 is 6.10 Å². The van der Waals surface area contributed by atoms with Crippen LogP contribution in [0.1, 0.15) is 24.2 Å². The van der Waals surface area contributed by atoms with Crippen molar-refractivity contribution >= 4 is 27.5 Å². The van der Waals surface area contributed by atoms with Gasteiger partial charge in [0, 0.05) is 15.1 Å². The SMILES string of the molecule is CC(O)c1cc(Cl)ccc1OCc1ccc(Br)cc1. The molecular weight excluding hydrogens is 328 g/mol. The van der Waals surface area contributed by atoms with Crippen LogP contribution in [0.15, 0.2) is 46.9 Å². The minimum atomic E-state index is -0.612. The van der Waals surface area contributed by atoms with Gasteiger partial charge in [0.05, 0.1) is 6.10 Å². The number of ether oxygens (including phenoxy) is 1. The first kappa shape index (κ1) is 14.4. The smallest absolute Gasteiger partial charge is 0.125 e.